The predicted molar refractivity (Wildman–Crippen MR) is 60.9 cm³/mol. The molecule has 7 heteroatoms. The Kier molecular flexibility index (Phi) is 5.36. The second-order valence-electron chi connectivity index (χ2n) is 4.37. The summed E-state index contributed by atoms with van der Waals surface area (Å²) in [6.45, 7) is 2.70. The summed E-state index contributed by atoms with van der Waals surface area (Å²) in [5, 5.41) is 0. The van der Waals surface area contributed by atoms with E-state index in [0.717, 1.165) is 0 Å². The molecule has 104 valence electrons. The van der Waals surface area contributed by atoms with Crippen LogP contribution < -0.4 is 0 Å². The van der Waals surface area contributed by atoms with E-state index in [1.54, 1.807) is 6.92 Å². The SMILES string of the molecule is COCC(C)(COC)C(=O)OCN1CCOC1=O. The van der Waals surface area contributed by atoms with Crippen LogP contribution in [0.5, 0.6) is 0 Å². The Bertz CT molecular complexity index is 300. The molecule has 0 aliphatic carbocycles. The van der Waals surface area contributed by atoms with Gasteiger partial charge in [0.2, 0.25) is 0 Å². The second kappa shape index (κ2) is 6.55. The van der Waals surface area contributed by atoms with E-state index in [1.807, 2.05) is 0 Å². The zero-order valence-electron chi connectivity index (χ0n) is 10.9. The van der Waals surface area contributed by atoms with Gasteiger partial charge in [-0.1, -0.05) is 0 Å². The molecule has 0 saturated carbocycles. The number of amides is 1. The minimum absolute atomic E-state index is 0.110. The van der Waals surface area contributed by atoms with E-state index < -0.39 is 17.5 Å². The van der Waals surface area contributed by atoms with Crippen molar-refractivity contribution in [1.29, 1.82) is 0 Å². The van der Waals surface area contributed by atoms with Crippen LogP contribution in [0.2, 0.25) is 0 Å². The van der Waals surface area contributed by atoms with Gasteiger partial charge in [0.05, 0.1) is 19.8 Å². The summed E-state index contributed by atoms with van der Waals surface area (Å²) in [6.07, 6.45) is -0.469. The number of carbonyl (C=O) groups excluding carboxylic acids is 2. The molecule has 1 rings (SSSR count). The summed E-state index contributed by atoms with van der Waals surface area (Å²) >= 11 is 0. The van der Waals surface area contributed by atoms with Crippen LogP contribution in [0.15, 0.2) is 0 Å². The Morgan fingerprint density at radius 2 is 2.00 bits per heavy atom. The van der Waals surface area contributed by atoms with E-state index >= 15 is 0 Å². The Labute approximate surface area is 106 Å². The van der Waals surface area contributed by atoms with Crippen LogP contribution >= 0.6 is 0 Å². The van der Waals surface area contributed by atoms with Crippen LogP contribution in [0, 0.1) is 5.41 Å². The number of esters is 1. The Morgan fingerprint density at radius 1 is 1.39 bits per heavy atom. The summed E-state index contributed by atoms with van der Waals surface area (Å²) in [5.74, 6) is -0.467. The monoisotopic (exact) mass is 261 g/mol. The molecule has 18 heavy (non-hydrogen) atoms. The molecular weight excluding hydrogens is 242 g/mol. The third kappa shape index (κ3) is 3.58. The van der Waals surface area contributed by atoms with Crippen LogP contribution in [0.3, 0.4) is 0 Å². The number of hydrogen-bond acceptors (Lipinski definition) is 6. The molecule has 1 saturated heterocycles. The molecule has 7 nitrogen and oxygen atoms in total. The van der Waals surface area contributed by atoms with Crippen molar-refractivity contribution < 1.29 is 28.5 Å². The van der Waals surface area contributed by atoms with E-state index in [4.69, 9.17) is 18.9 Å². The number of hydrogen-bond donors (Lipinski definition) is 0. The van der Waals surface area contributed by atoms with E-state index in [2.05, 4.69) is 0 Å². The average Bonchev–Trinajstić information content (AvgIpc) is 2.72. The highest BCUT2D eigenvalue weighted by Crippen LogP contribution is 2.19. The summed E-state index contributed by atoms with van der Waals surface area (Å²) in [6, 6.07) is 0. The standard InChI is InChI=1S/C11H19NO6/c1-11(6-15-2,7-16-3)9(13)18-8-12-4-5-17-10(12)14/h4-8H2,1-3H3. The first-order valence-corrected chi connectivity index (χ1v) is 5.60. The average molecular weight is 261 g/mol. The van der Waals surface area contributed by atoms with Gasteiger partial charge in [0.15, 0.2) is 6.73 Å². The lowest BCUT2D eigenvalue weighted by Gasteiger charge is -2.26. The first-order chi connectivity index (χ1) is 8.53. The second-order valence-corrected chi connectivity index (χ2v) is 4.37. The molecule has 0 N–H and O–H groups in total. The Balaban J connectivity index is 2.48. The lowest BCUT2D eigenvalue weighted by molar-refractivity contribution is -0.165. The van der Waals surface area contributed by atoms with E-state index in [9.17, 15) is 9.59 Å². The number of carbonyl (C=O) groups is 2. The Hall–Kier alpha value is -1.34. The summed E-state index contributed by atoms with van der Waals surface area (Å²) in [5.41, 5.74) is -0.882. The van der Waals surface area contributed by atoms with Gasteiger partial charge >= 0.3 is 12.1 Å². The van der Waals surface area contributed by atoms with Gasteiger partial charge in [-0.15, -0.1) is 0 Å². The molecule has 0 aromatic rings. The molecule has 1 aliphatic rings. The fourth-order valence-corrected chi connectivity index (χ4v) is 1.65. The van der Waals surface area contributed by atoms with Crippen LogP contribution in [-0.4, -0.2) is 64.3 Å². The lowest BCUT2D eigenvalue weighted by Crippen LogP contribution is -2.40. The van der Waals surface area contributed by atoms with Crippen molar-refractivity contribution in [1.82, 2.24) is 4.90 Å². The van der Waals surface area contributed by atoms with Gasteiger partial charge in [-0.2, -0.15) is 0 Å². The quantitative estimate of drug-likeness (QED) is 0.611. The predicted octanol–water partition coefficient (Wildman–Crippen LogP) is 0.238. The van der Waals surface area contributed by atoms with Crippen molar-refractivity contribution in [2.75, 3.05) is 47.3 Å². The highest BCUT2D eigenvalue weighted by atomic mass is 16.6. The lowest BCUT2D eigenvalue weighted by atomic mass is 9.93. The van der Waals surface area contributed by atoms with Crippen LogP contribution in [0.4, 0.5) is 4.79 Å². The van der Waals surface area contributed by atoms with Crippen molar-refractivity contribution in [3.63, 3.8) is 0 Å². The van der Waals surface area contributed by atoms with Gasteiger partial charge in [-0.3, -0.25) is 9.69 Å². The maximum atomic E-state index is 11.9. The van der Waals surface area contributed by atoms with E-state index in [1.165, 1.54) is 19.1 Å². The number of ether oxygens (including phenoxy) is 4. The van der Waals surface area contributed by atoms with Crippen molar-refractivity contribution in [2.24, 2.45) is 5.41 Å². The van der Waals surface area contributed by atoms with Crippen LogP contribution in [0.1, 0.15) is 6.92 Å². The van der Waals surface area contributed by atoms with Crippen molar-refractivity contribution in [3.05, 3.63) is 0 Å². The van der Waals surface area contributed by atoms with Crippen molar-refractivity contribution >= 4 is 12.1 Å². The molecule has 1 heterocycles. The van der Waals surface area contributed by atoms with Gasteiger partial charge < -0.3 is 18.9 Å². The Morgan fingerprint density at radius 3 is 2.44 bits per heavy atom. The number of rotatable bonds is 7. The van der Waals surface area contributed by atoms with Crippen molar-refractivity contribution in [2.45, 2.75) is 6.92 Å². The molecule has 0 radical (unpaired) electrons. The number of nitrogens with zero attached hydrogens (tertiary/aromatic N) is 1. The van der Waals surface area contributed by atoms with E-state index in [0.29, 0.717) is 13.2 Å². The number of cyclic esters (lactones) is 1. The van der Waals surface area contributed by atoms with Gasteiger partial charge in [0, 0.05) is 14.2 Å². The van der Waals surface area contributed by atoms with Gasteiger partial charge in [0.25, 0.3) is 0 Å². The molecule has 1 aliphatic heterocycles. The van der Waals surface area contributed by atoms with Gasteiger partial charge in [-0.25, -0.2) is 4.79 Å². The van der Waals surface area contributed by atoms with Crippen LogP contribution in [0.25, 0.3) is 0 Å². The van der Waals surface area contributed by atoms with Gasteiger partial charge in [0.1, 0.15) is 12.0 Å². The smallest absolute Gasteiger partial charge is 0.412 e. The molecule has 0 bridgehead atoms. The topological polar surface area (TPSA) is 74.3 Å². The first-order valence-electron chi connectivity index (χ1n) is 5.60. The molecule has 1 amide bonds. The molecule has 0 unspecified atom stereocenters. The fraction of sp³-hybridized carbons (Fsp3) is 0.818. The normalized spacial score (nSPS) is 15.7. The van der Waals surface area contributed by atoms with Crippen molar-refractivity contribution in [3.8, 4) is 0 Å². The molecule has 1 fully saturated rings. The molecule has 0 spiro atoms. The minimum Gasteiger partial charge on any atom is -0.447 e. The highest BCUT2D eigenvalue weighted by molar-refractivity contribution is 5.77. The summed E-state index contributed by atoms with van der Waals surface area (Å²) < 4.78 is 19.8. The summed E-state index contributed by atoms with van der Waals surface area (Å²) in [4.78, 5) is 24.4. The number of methoxy groups -OCH3 is 2. The maximum Gasteiger partial charge on any atom is 0.412 e. The zero-order valence-corrected chi connectivity index (χ0v) is 10.9. The fourth-order valence-electron chi connectivity index (χ4n) is 1.65. The zero-order chi connectivity index (χ0) is 13.6. The third-order valence-electron chi connectivity index (χ3n) is 2.62. The minimum atomic E-state index is -0.882. The summed E-state index contributed by atoms with van der Waals surface area (Å²) in [7, 11) is 3.00. The third-order valence-corrected chi connectivity index (χ3v) is 2.62. The van der Waals surface area contributed by atoms with Gasteiger partial charge in [-0.05, 0) is 6.92 Å². The highest BCUT2D eigenvalue weighted by Gasteiger charge is 2.36. The molecule has 0 atom stereocenters. The molecule has 0 aromatic heterocycles. The molecule has 0 aromatic carbocycles. The molecular formula is C11H19NO6. The largest absolute Gasteiger partial charge is 0.447 e. The van der Waals surface area contributed by atoms with Crippen LogP contribution in [-0.2, 0) is 23.7 Å². The van der Waals surface area contributed by atoms with E-state index in [-0.39, 0.29) is 19.9 Å². The maximum absolute atomic E-state index is 11.9. The first kappa shape index (κ1) is 14.7.